The van der Waals surface area contributed by atoms with Crippen molar-refractivity contribution in [2.75, 3.05) is 31.8 Å². The van der Waals surface area contributed by atoms with Gasteiger partial charge in [0.1, 0.15) is 28.9 Å². The molecule has 3 aromatic heterocycles. The highest BCUT2D eigenvalue weighted by molar-refractivity contribution is 7.92. The number of thiophene rings is 1. The Morgan fingerprint density at radius 3 is 2.47 bits per heavy atom. The maximum absolute atomic E-state index is 13.3. The molecule has 9 nitrogen and oxygen atoms in total. The highest BCUT2D eigenvalue weighted by atomic mass is 32.2. The van der Waals surface area contributed by atoms with Crippen molar-refractivity contribution in [3.05, 3.63) is 89.5 Å². The first kappa shape index (κ1) is 29.9. The van der Waals surface area contributed by atoms with Gasteiger partial charge in [-0.15, -0.1) is 11.3 Å². The summed E-state index contributed by atoms with van der Waals surface area (Å²) in [5.41, 5.74) is 4.49. The van der Waals surface area contributed by atoms with Crippen molar-refractivity contribution in [3.8, 4) is 45.0 Å². The lowest BCUT2D eigenvalue weighted by Gasteiger charge is -2.21. The number of benzene rings is 3. The van der Waals surface area contributed by atoms with E-state index in [0.717, 1.165) is 26.2 Å². The van der Waals surface area contributed by atoms with Crippen molar-refractivity contribution in [3.63, 3.8) is 0 Å². The topological polar surface area (TPSA) is 126 Å². The number of aryl methyl sites for hydroxylation is 1. The van der Waals surface area contributed by atoms with E-state index in [4.69, 9.17) is 14.1 Å². The molecular weight excluding hydrogens is 609 g/mol. The van der Waals surface area contributed by atoms with Gasteiger partial charge in [-0.3, -0.25) is 9.10 Å². The van der Waals surface area contributed by atoms with Crippen LogP contribution in [-0.2, 0) is 10.0 Å². The molecule has 6 rings (SSSR count). The van der Waals surface area contributed by atoms with Gasteiger partial charge in [-0.05, 0) is 31.2 Å². The van der Waals surface area contributed by atoms with Gasteiger partial charge >= 0.3 is 0 Å². The van der Waals surface area contributed by atoms with Gasteiger partial charge in [0.2, 0.25) is 10.0 Å². The molecule has 6 aromatic rings. The first-order chi connectivity index (χ1) is 21.5. The highest BCUT2D eigenvalue weighted by Crippen LogP contribution is 2.44. The summed E-state index contributed by atoms with van der Waals surface area (Å²) in [6.45, 7) is 1.97. The van der Waals surface area contributed by atoms with E-state index in [1.807, 2.05) is 55.5 Å². The van der Waals surface area contributed by atoms with E-state index in [1.54, 1.807) is 31.3 Å². The zero-order valence-corrected chi connectivity index (χ0v) is 26.8. The maximum atomic E-state index is 13.3. The van der Waals surface area contributed by atoms with Gasteiger partial charge < -0.3 is 14.5 Å². The fourth-order valence-corrected chi connectivity index (χ4v) is 6.94. The van der Waals surface area contributed by atoms with Gasteiger partial charge in [-0.1, -0.05) is 48.0 Å². The molecule has 3 heterocycles. The Morgan fingerprint density at radius 1 is 1.07 bits per heavy atom. The Labute approximate surface area is 264 Å². The van der Waals surface area contributed by atoms with Crippen LogP contribution in [0.1, 0.15) is 21.5 Å². The SMILES string of the molecule is CNC(=O)c1c(-c2ccc(C)cc2)oc2cc(N(C)S(C)(=O)=O)c(-c3ccc(OC)c(-c4sc5ccccc5c4C#N)n3)cc12. The number of hydrogen-bond acceptors (Lipinski definition) is 8. The number of methoxy groups -OCH3 is 1. The van der Waals surface area contributed by atoms with Crippen LogP contribution in [0, 0.1) is 18.3 Å². The fraction of sp³-hybridized carbons (Fsp3) is 0.147. The van der Waals surface area contributed by atoms with Crippen LogP contribution in [0.25, 0.3) is 54.2 Å². The Balaban J connectivity index is 1.66. The largest absolute Gasteiger partial charge is 0.494 e. The van der Waals surface area contributed by atoms with Crippen molar-refractivity contribution in [1.82, 2.24) is 10.3 Å². The van der Waals surface area contributed by atoms with Gasteiger partial charge in [-0.2, -0.15) is 5.26 Å². The molecule has 0 fully saturated rings. The molecule has 0 atom stereocenters. The first-order valence-electron chi connectivity index (χ1n) is 13.9. The molecule has 1 N–H and O–H groups in total. The number of ether oxygens (including phenoxy) is 1. The van der Waals surface area contributed by atoms with Crippen LogP contribution in [0.5, 0.6) is 5.75 Å². The van der Waals surface area contributed by atoms with Gasteiger partial charge in [0.05, 0.1) is 40.8 Å². The third kappa shape index (κ3) is 5.18. The summed E-state index contributed by atoms with van der Waals surface area (Å²) >= 11 is 1.42. The van der Waals surface area contributed by atoms with Crippen molar-refractivity contribution in [2.24, 2.45) is 0 Å². The van der Waals surface area contributed by atoms with Crippen molar-refractivity contribution in [1.29, 1.82) is 5.26 Å². The quantitative estimate of drug-likeness (QED) is 0.200. The Hall–Kier alpha value is -5.18. The molecule has 0 bridgehead atoms. The number of furan rings is 1. The first-order valence-corrected chi connectivity index (χ1v) is 16.5. The van der Waals surface area contributed by atoms with Gasteiger partial charge in [0.15, 0.2) is 0 Å². The van der Waals surface area contributed by atoms with E-state index in [0.29, 0.717) is 66.7 Å². The zero-order valence-electron chi connectivity index (χ0n) is 25.1. The summed E-state index contributed by atoms with van der Waals surface area (Å²) < 4.78 is 39.8. The fourth-order valence-electron chi connectivity index (χ4n) is 5.28. The number of rotatable bonds is 7. The van der Waals surface area contributed by atoms with E-state index in [-0.39, 0.29) is 5.91 Å². The van der Waals surface area contributed by atoms with Crippen LogP contribution >= 0.6 is 11.3 Å². The lowest BCUT2D eigenvalue weighted by Crippen LogP contribution is -2.25. The Kier molecular flexibility index (Phi) is 7.56. The molecule has 0 aliphatic rings. The molecule has 0 radical (unpaired) electrons. The van der Waals surface area contributed by atoms with Crippen LogP contribution < -0.4 is 14.4 Å². The van der Waals surface area contributed by atoms with E-state index in [2.05, 4.69) is 11.4 Å². The van der Waals surface area contributed by atoms with Gasteiger partial charge in [0, 0.05) is 46.8 Å². The number of nitriles is 1. The number of amides is 1. The number of hydrogen-bond donors (Lipinski definition) is 1. The number of carbonyl (C=O) groups is 1. The monoisotopic (exact) mass is 636 g/mol. The van der Waals surface area contributed by atoms with Crippen LogP contribution in [0.4, 0.5) is 5.69 Å². The van der Waals surface area contributed by atoms with Crippen LogP contribution in [0.3, 0.4) is 0 Å². The number of anilines is 1. The third-order valence-electron chi connectivity index (χ3n) is 7.69. The number of carbonyl (C=O) groups excluding carboxylic acids is 1. The molecule has 1 amide bonds. The second kappa shape index (κ2) is 11.4. The molecule has 3 aromatic carbocycles. The van der Waals surface area contributed by atoms with E-state index in [1.165, 1.54) is 25.5 Å². The number of aromatic nitrogens is 1. The minimum Gasteiger partial charge on any atom is -0.494 e. The third-order valence-corrected chi connectivity index (χ3v) is 10.1. The lowest BCUT2D eigenvalue weighted by atomic mass is 10.00. The summed E-state index contributed by atoms with van der Waals surface area (Å²) in [6.07, 6.45) is 1.11. The van der Waals surface area contributed by atoms with Crippen LogP contribution in [0.15, 0.2) is 77.2 Å². The second-order valence-corrected chi connectivity index (χ2v) is 13.6. The summed E-state index contributed by atoms with van der Waals surface area (Å²) in [5, 5.41) is 14.1. The Morgan fingerprint density at radius 2 is 1.80 bits per heavy atom. The maximum Gasteiger partial charge on any atom is 0.255 e. The average Bonchev–Trinajstić information content (AvgIpc) is 3.61. The highest BCUT2D eigenvalue weighted by Gasteiger charge is 2.27. The Bertz CT molecular complexity index is 2280. The smallest absolute Gasteiger partial charge is 0.255 e. The molecule has 0 aliphatic heterocycles. The van der Waals surface area contributed by atoms with Crippen molar-refractivity contribution >= 4 is 54.0 Å². The van der Waals surface area contributed by atoms with Crippen LogP contribution in [-0.4, -0.2) is 46.8 Å². The summed E-state index contributed by atoms with van der Waals surface area (Å²) in [5.74, 6) is 0.463. The number of fused-ring (bicyclic) bond motifs is 2. The summed E-state index contributed by atoms with van der Waals surface area (Å²) in [7, 11) is 0.805. The zero-order chi connectivity index (χ0) is 32.0. The predicted molar refractivity (Wildman–Crippen MR) is 178 cm³/mol. The molecule has 11 heteroatoms. The molecule has 0 saturated heterocycles. The standard InChI is InChI=1S/C34H28N4O5S2/c1-19-10-12-20(13-11-19)32-30(34(39)36-2)23-16-22(26(17-28(23)43-32)38(3)45(5,40)41)25-14-15-27(42-4)31(37-25)33-24(18-35)21-8-6-7-9-29(21)44-33/h6-17H,1-5H3,(H,36,39). The summed E-state index contributed by atoms with van der Waals surface area (Å²) in [6, 6.07) is 24.4. The van der Waals surface area contributed by atoms with E-state index in [9.17, 15) is 18.5 Å². The van der Waals surface area contributed by atoms with E-state index < -0.39 is 10.0 Å². The van der Waals surface area contributed by atoms with E-state index >= 15 is 0 Å². The molecular formula is C34H28N4O5S2. The number of sulfonamides is 1. The minimum absolute atomic E-state index is 0.304. The number of nitrogens with zero attached hydrogens (tertiary/aromatic N) is 3. The van der Waals surface area contributed by atoms with Crippen molar-refractivity contribution < 1.29 is 22.4 Å². The number of pyridine rings is 1. The molecule has 226 valence electrons. The van der Waals surface area contributed by atoms with Crippen molar-refractivity contribution in [2.45, 2.75) is 6.92 Å². The molecule has 0 saturated carbocycles. The summed E-state index contributed by atoms with van der Waals surface area (Å²) in [4.78, 5) is 18.9. The predicted octanol–water partition coefficient (Wildman–Crippen LogP) is 6.99. The molecule has 45 heavy (non-hydrogen) atoms. The molecule has 0 aliphatic carbocycles. The van der Waals surface area contributed by atoms with Gasteiger partial charge in [0.25, 0.3) is 5.91 Å². The minimum atomic E-state index is -3.72. The number of nitrogens with one attached hydrogen (secondary N) is 1. The average molecular weight is 637 g/mol. The lowest BCUT2D eigenvalue weighted by molar-refractivity contribution is 0.0964. The van der Waals surface area contributed by atoms with Crippen LogP contribution in [0.2, 0.25) is 0 Å². The second-order valence-electron chi connectivity index (χ2n) is 10.5. The normalized spacial score (nSPS) is 11.5. The molecule has 0 unspecified atom stereocenters. The van der Waals surface area contributed by atoms with Gasteiger partial charge in [-0.25, -0.2) is 13.4 Å². The molecule has 0 spiro atoms.